The summed E-state index contributed by atoms with van der Waals surface area (Å²) in [7, 11) is 0. The van der Waals surface area contributed by atoms with Crippen molar-refractivity contribution in [3.8, 4) is 0 Å². The van der Waals surface area contributed by atoms with Crippen molar-refractivity contribution in [3.05, 3.63) is 0 Å². The predicted molar refractivity (Wildman–Crippen MR) is 52.9 cm³/mol. The summed E-state index contributed by atoms with van der Waals surface area (Å²) in [5.74, 6) is 0. The number of hydrogen-bond donors (Lipinski definition) is 7. The molecule has 7 atom stereocenters. The summed E-state index contributed by atoms with van der Waals surface area (Å²) in [5, 5.41) is 64.8. The Labute approximate surface area is 97.3 Å². The molecule has 1 aliphatic rings. The minimum atomic E-state index is -1.73. The van der Waals surface area contributed by atoms with E-state index in [0.29, 0.717) is 0 Å². The number of rotatable bonds is 4. The van der Waals surface area contributed by atoms with Gasteiger partial charge >= 0.3 is 0 Å². The zero-order chi connectivity index (χ0) is 13.2. The lowest BCUT2D eigenvalue weighted by atomic mass is 9.92. The first kappa shape index (κ1) is 14.7. The van der Waals surface area contributed by atoms with Gasteiger partial charge in [0.1, 0.15) is 42.7 Å². The molecule has 0 aromatic rings. The van der Waals surface area contributed by atoms with Gasteiger partial charge in [-0.2, -0.15) is 0 Å². The van der Waals surface area contributed by atoms with E-state index in [1.807, 2.05) is 0 Å². The van der Waals surface area contributed by atoms with E-state index >= 15 is 0 Å². The van der Waals surface area contributed by atoms with Crippen LogP contribution in [0.25, 0.3) is 0 Å². The van der Waals surface area contributed by atoms with Crippen LogP contribution < -0.4 is 0 Å². The van der Waals surface area contributed by atoms with Gasteiger partial charge in [-0.25, -0.2) is 0 Å². The minimum absolute atomic E-state index is 0.318. The van der Waals surface area contributed by atoms with Gasteiger partial charge in [-0.15, -0.1) is 0 Å². The molecule has 1 fully saturated rings. The molecule has 17 heavy (non-hydrogen) atoms. The van der Waals surface area contributed by atoms with E-state index in [9.17, 15) is 25.5 Å². The number of aliphatic hydroxyl groups is 7. The highest BCUT2D eigenvalue weighted by atomic mass is 16.5. The molecule has 7 N–H and O–H groups in total. The van der Waals surface area contributed by atoms with Crippen LogP contribution in [0.3, 0.4) is 0 Å². The van der Waals surface area contributed by atoms with Crippen LogP contribution in [0.1, 0.15) is 0 Å². The molecule has 0 aromatic carbocycles. The Kier molecular flexibility index (Phi) is 5.22. The molecule has 0 aromatic heterocycles. The molecule has 8 nitrogen and oxygen atoms in total. The van der Waals surface area contributed by atoms with E-state index in [1.54, 1.807) is 0 Å². The summed E-state index contributed by atoms with van der Waals surface area (Å²) in [5.41, 5.74) is 0. The van der Waals surface area contributed by atoms with Crippen LogP contribution in [0, 0.1) is 0 Å². The summed E-state index contributed by atoms with van der Waals surface area (Å²) < 4.78 is 4.89. The van der Waals surface area contributed by atoms with Crippen LogP contribution >= 0.6 is 0 Å². The summed E-state index contributed by atoms with van der Waals surface area (Å²) in [4.78, 5) is 0. The van der Waals surface area contributed by atoms with Crippen LogP contribution in [0.2, 0.25) is 0 Å². The zero-order valence-corrected chi connectivity index (χ0v) is 8.99. The Bertz CT molecular complexity index is 237. The Morgan fingerprint density at radius 3 is 2.18 bits per heavy atom. The van der Waals surface area contributed by atoms with Gasteiger partial charge in [0.05, 0.1) is 13.2 Å². The smallest absolute Gasteiger partial charge is 0.115 e. The van der Waals surface area contributed by atoms with Crippen LogP contribution in [-0.4, -0.2) is 91.7 Å². The quantitative estimate of drug-likeness (QED) is 0.265. The average Bonchev–Trinajstić information content (AvgIpc) is 2.33. The monoisotopic (exact) mass is 254 g/mol. The van der Waals surface area contributed by atoms with Crippen molar-refractivity contribution in [2.24, 2.45) is 0 Å². The Morgan fingerprint density at radius 1 is 1.06 bits per heavy atom. The average molecular weight is 254 g/mol. The molecule has 1 heterocycles. The first-order chi connectivity index (χ1) is 7.90. The largest absolute Gasteiger partial charge is 0.394 e. The van der Waals surface area contributed by atoms with Gasteiger partial charge in [-0.1, -0.05) is 0 Å². The third kappa shape index (κ3) is 3.12. The maximum atomic E-state index is 9.62. The maximum absolute atomic E-state index is 9.62. The normalized spacial score (nSPS) is 39.7. The van der Waals surface area contributed by atoms with Crippen molar-refractivity contribution in [3.63, 3.8) is 0 Å². The highest BCUT2D eigenvalue weighted by Crippen LogP contribution is 2.20. The highest BCUT2D eigenvalue weighted by Gasteiger charge is 2.44. The van der Waals surface area contributed by atoms with E-state index in [0.717, 1.165) is 0 Å². The Morgan fingerprint density at radius 2 is 1.65 bits per heavy atom. The van der Waals surface area contributed by atoms with Gasteiger partial charge in [-0.3, -0.25) is 0 Å². The Balaban J connectivity index is 2.66. The summed E-state index contributed by atoms with van der Waals surface area (Å²) >= 11 is 0. The van der Waals surface area contributed by atoms with E-state index in [1.165, 1.54) is 0 Å². The molecule has 0 saturated carbocycles. The first-order valence-corrected chi connectivity index (χ1v) is 5.21. The van der Waals surface area contributed by atoms with E-state index < -0.39 is 49.3 Å². The maximum Gasteiger partial charge on any atom is 0.115 e. The molecule has 0 spiro atoms. The lowest BCUT2D eigenvalue weighted by Gasteiger charge is -2.39. The van der Waals surface area contributed by atoms with Gasteiger partial charge in [0.2, 0.25) is 0 Å². The number of hydrogen-bond acceptors (Lipinski definition) is 8. The van der Waals surface area contributed by atoms with Crippen molar-refractivity contribution in [1.29, 1.82) is 0 Å². The molecule has 0 aliphatic carbocycles. The molecule has 0 bridgehead atoms. The highest BCUT2D eigenvalue weighted by molar-refractivity contribution is 4.93. The molecular weight excluding hydrogens is 236 g/mol. The fourth-order valence-corrected chi connectivity index (χ4v) is 1.66. The van der Waals surface area contributed by atoms with Crippen molar-refractivity contribution in [2.45, 2.75) is 42.7 Å². The van der Waals surface area contributed by atoms with E-state index in [2.05, 4.69) is 0 Å². The number of aliphatic hydroxyl groups excluding tert-OH is 7. The van der Waals surface area contributed by atoms with Crippen molar-refractivity contribution in [1.82, 2.24) is 0 Å². The molecule has 0 amide bonds. The third-order valence-corrected chi connectivity index (χ3v) is 2.81. The fraction of sp³-hybridized carbons (Fsp3) is 1.00. The second-order valence-electron chi connectivity index (χ2n) is 4.08. The third-order valence-electron chi connectivity index (χ3n) is 2.81. The minimum Gasteiger partial charge on any atom is -0.394 e. The van der Waals surface area contributed by atoms with Crippen molar-refractivity contribution < 1.29 is 40.5 Å². The van der Waals surface area contributed by atoms with Crippen molar-refractivity contribution in [2.75, 3.05) is 13.2 Å². The first-order valence-electron chi connectivity index (χ1n) is 5.21. The second kappa shape index (κ2) is 6.03. The van der Waals surface area contributed by atoms with Gasteiger partial charge in [0.25, 0.3) is 0 Å². The van der Waals surface area contributed by atoms with Crippen LogP contribution in [0.4, 0.5) is 0 Å². The van der Waals surface area contributed by atoms with Gasteiger partial charge in [0, 0.05) is 0 Å². The zero-order valence-electron chi connectivity index (χ0n) is 8.99. The lowest BCUT2D eigenvalue weighted by Crippen LogP contribution is -2.60. The Hall–Kier alpha value is -0.320. The number of ether oxygens (including phenoxy) is 1. The lowest BCUT2D eigenvalue weighted by molar-refractivity contribution is -0.229. The molecule has 0 radical (unpaired) electrons. The molecule has 102 valence electrons. The van der Waals surface area contributed by atoms with Crippen LogP contribution in [0.5, 0.6) is 0 Å². The molecule has 1 saturated heterocycles. The topological polar surface area (TPSA) is 151 Å². The summed E-state index contributed by atoms with van der Waals surface area (Å²) in [6, 6.07) is 0. The van der Waals surface area contributed by atoms with Crippen LogP contribution in [-0.2, 0) is 4.74 Å². The fourth-order valence-electron chi connectivity index (χ4n) is 1.66. The SMILES string of the molecule is OC[C@@H](O)[C@@H](O)[C@@H](O)[C@H]1OC[C@H](O)[C@@H](O)[C@H]1O. The van der Waals surface area contributed by atoms with Gasteiger partial charge in [-0.05, 0) is 0 Å². The molecule has 1 aliphatic heterocycles. The van der Waals surface area contributed by atoms with Crippen molar-refractivity contribution >= 4 is 0 Å². The van der Waals surface area contributed by atoms with E-state index in [4.69, 9.17) is 14.9 Å². The molecule has 1 rings (SSSR count). The van der Waals surface area contributed by atoms with Gasteiger partial charge < -0.3 is 40.5 Å². The second-order valence-corrected chi connectivity index (χ2v) is 4.08. The predicted octanol–water partition coefficient (Wildman–Crippen LogP) is -4.46. The van der Waals surface area contributed by atoms with E-state index in [-0.39, 0.29) is 6.61 Å². The summed E-state index contributed by atoms with van der Waals surface area (Å²) in [6.07, 6.45) is -10.8. The standard InChI is InChI=1S/C9H18O8/c10-1-3(11)5(13)7(15)9-8(16)6(14)4(12)2-17-9/h3-16H,1-2H2/t3-,4+,5-,6-,7-,8-,9-/m1/s1. The molecule has 0 unspecified atom stereocenters. The van der Waals surface area contributed by atoms with Crippen LogP contribution in [0.15, 0.2) is 0 Å². The molecule has 8 heteroatoms. The molecular formula is C9H18O8. The van der Waals surface area contributed by atoms with Gasteiger partial charge in [0.15, 0.2) is 0 Å². The summed E-state index contributed by atoms with van der Waals surface area (Å²) in [6.45, 7) is -1.09.